The zero-order chi connectivity index (χ0) is 14.5. The van der Waals surface area contributed by atoms with Crippen LogP contribution in [0.5, 0.6) is 5.75 Å². The molecule has 0 aliphatic carbocycles. The van der Waals surface area contributed by atoms with E-state index in [0.29, 0.717) is 18.4 Å². The molecule has 1 amide bonds. The highest BCUT2D eigenvalue weighted by Crippen LogP contribution is 2.25. The van der Waals surface area contributed by atoms with Crippen molar-refractivity contribution in [3.63, 3.8) is 0 Å². The van der Waals surface area contributed by atoms with Gasteiger partial charge in [-0.2, -0.15) is 0 Å². The first kappa shape index (κ1) is 15.3. The molecule has 0 bridgehead atoms. The second kappa shape index (κ2) is 6.42. The third kappa shape index (κ3) is 6.10. The van der Waals surface area contributed by atoms with Gasteiger partial charge >= 0.3 is 6.36 Å². The van der Waals surface area contributed by atoms with E-state index in [1.54, 1.807) is 0 Å². The molecule has 1 rings (SSSR count). The van der Waals surface area contributed by atoms with Crippen LogP contribution in [0.2, 0.25) is 0 Å². The molecule has 19 heavy (non-hydrogen) atoms. The minimum Gasteiger partial charge on any atom is -0.406 e. The second-order valence-electron chi connectivity index (χ2n) is 4.08. The predicted octanol–water partition coefficient (Wildman–Crippen LogP) is 2.24. The molecule has 0 saturated heterocycles. The zero-order valence-corrected chi connectivity index (χ0v) is 10.1. The Bertz CT molecular complexity index is 418. The van der Waals surface area contributed by atoms with Crippen LogP contribution in [0.1, 0.15) is 30.9 Å². The third-order valence-corrected chi connectivity index (χ3v) is 2.48. The molecular weight excluding hydrogens is 261 g/mol. The van der Waals surface area contributed by atoms with Crippen LogP contribution in [0.25, 0.3) is 0 Å². The molecule has 1 atom stereocenters. The normalized spacial score (nSPS) is 13.1. The molecule has 7 heteroatoms. The number of carbonyl (C=O) groups is 1. The van der Waals surface area contributed by atoms with Gasteiger partial charge in [-0.15, -0.1) is 13.2 Å². The number of benzene rings is 1. The summed E-state index contributed by atoms with van der Waals surface area (Å²) in [4.78, 5) is 10.6. The summed E-state index contributed by atoms with van der Waals surface area (Å²) in [5, 5.41) is 0. The van der Waals surface area contributed by atoms with Crippen LogP contribution in [0, 0.1) is 0 Å². The summed E-state index contributed by atoms with van der Waals surface area (Å²) in [5.74, 6) is -0.693. The van der Waals surface area contributed by atoms with Crippen molar-refractivity contribution in [3.05, 3.63) is 29.8 Å². The summed E-state index contributed by atoms with van der Waals surface area (Å²) in [5.41, 5.74) is 11.5. The molecule has 0 spiro atoms. The Kier molecular flexibility index (Phi) is 5.17. The van der Waals surface area contributed by atoms with Gasteiger partial charge in [0.15, 0.2) is 0 Å². The first-order valence-corrected chi connectivity index (χ1v) is 5.67. The number of hydrogen-bond acceptors (Lipinski definition) is 3. The second-order valence-corrected chi connectivity index (χ2v) is 4.08. The molecule has 1 aromatic rings. The number of amides is 1. The monoisotopic (exact) mass is 276 g/mol. The molecule has 106 valence electrons. The van der Waals surface area contributed by atoms with E-state index in [9.17, 15) is 18.0 Å². The molecular formula is C12H15F3N2O2. The van der Waals surface area contributed by atoms with E-state index in [0.717, 1.165) is 0 Å². The third-order valence-electron chi connectivity index (χ3n) is 2.48. The molecule has 0 fully saturated rings. The summed E-state index contributed by atoms with van der Waals surface area (Å²) >= 11 is 0. The van der Waals surface area contributed by atoms with Crippen LogP contribution in [-0.2, 0) is 4.79 Å². The fraction of sp³-hybridized carbons (Fsp3) is 0.417. The number of nitrogens with two attached hydrogens (primary N) is 2. The minimum atomic E-state index is -4.70. The minimum absolute atomic E-state index is 0.239. The summed E-state index contributed by atoms with van der Waals surface area (Å²) < 4.78 is 39.6. The summed E-state index contributed by atoms with van der Waals surface area (Å²) in [6.07, 6.45) is -3.40. The Morgan fingerprint density at radius 3 is 2.32 bits per heavy atom. The number of halogens is 3. The largest absolute Gasteiger partial charge is 0.573 e. The van der Waals surface area contributed by atoms with Crippen molar-refractivity contribution >= 4 is 5.91 Å². The average Bonchev–Trinajstić information content (AvgIpc) is 2.27. The average molecular weight is 276 g/mol. The van der Waals surface area contributed by atoms with E-state index in [1.807, 2.05) is 0 Å². The van der Waals surface area contributed by atoms with Crippen LogP contribution in [0.3, 0.4) is 0 Å². The van der Waals surface area contributed by atoms with Gasteiger partial charge in [-0.3, -0.25) is 4.79 Å². The van der Waals surface area contributed by atoms with Gasteiger partial charge in [0.25, 0.3) is 0 Å². The Labute approximate surface area is 108 Å². The van der Waals surface area contributed by atoms with Crippen LogP contribution in [-0.4, -0.2) is 12.3 Å². The van der Waals surface area contributed by atoms with Gasteiger partial charge in [0.05, 0.1) is 0 Å². The molecule has 0 heterocycles. The van der Waals surface area contributed by atoms with Gasteiger partial charge in [0.2, 0.25) is 5.91 Å². The van der Waals surface area contributed by atoms with Crippen molar-refractivity contribution < 1.29 is 22.7 Å². The highest BCUT2D eigenvalue weighted by Gasteiger charge is 2.30. The SMILES string of the molecule is NC(=O)CCCC(N)c1ccc(OC(F)(F)F)cc1. The number of hydrogen-bond donors (Lipinski definition) is 2. The highest BCUT2D eigenvalue weighted by atomic mass is 19.4. The first-order valence-electron chi connectivity index (χ1n) is 5.67. The molecule has 1 aromatic carbocycles. The van der Waals surface area contributed by atoms with Gasteiger partial charge in [0, 0.05) is 12.5 Å². The topological polar surface area (TPSA) is 78.3 Å². The van der Waals surface area contributed by atoms with Crippen LogP contribution >= 0.6 is 0 Å². The first-order chi connectivity index (χ1) is 8.78. The number of ether oxygens (including phenoxy) is 1. The van der Waals surface area contributed by atoms with Crippen molar-refractivity contribution in [1.29, 1.82) is 0 Å². The summed E-state index contributed by atoms with van der Waals surface area (Å²) in [6, 6.07) is 5.00. The quantitative estimate of drug-likeness (QED) is 0.836. The van der Waals surface area contributed by atoms with E-state index in [-0.39, 0.29) is 18.2 Å². The fourth-order valence-corrected chi connectivity index (χ4v) is 1.58. The molecule has 0 aliphatic rings. The predicted molar refractivity (Wildman–Crippen MR) is 63.1 cm³/mol. The van der Waals surface area contributed by atoms with Crippen LogP contribution in [0.15, 0.2) is 24.3 Å². The van der Waals surface area contributed by atoms with Crippen molar-refractivity contribution in [2.45, 2.75) is 31.7 Å². The smallest absolute Gasteiger partial charge is 0.406 e. The lowest BCUT2D eigenvalue weighted by Crippen LogP contribution is -2.17. The van der Waals surface area contributed by atoms with Crippen molar-refractivity contribution in [2.75, 3.05) is 0 Å². The Morgan fingerprint density at radius 2 is 1.84 bits per heavy atom. The fourth-order valence-electron chi connectivity index (χ4n) is 1.58. The summed E-state index contributed by atoms with van der Waals surface area (Å²) in [6.45, 7) is 0. The number of rotatable bonds is 6. The maximum Gasteiger partial charge on any atom is 0.573 e. The Morgan fingerprint density at radius 1 is 1.26 bits per heavy atom. The van der Waals surface area contributed by atoms with Gasteiger partial charge in [-0.05, 0) is 30.5 Å². The lowest BCUT2D eigenvalue weighted by atomic mass is 10.0. The maximum absolute atomic E-state index is 12.0. The zero-order valence-electron chi connectivity index (χ0n) is 10.1. The van der Waals surface area contributed by atoms with E-state index in [4.69, 9.17) is 11.5 Å². The van der Waals surface area contributed by atoms with E-state index in [1.165, 1.54) is 24.3 Å². The number of primary amides is 1. The molecule has 4 nitrogen and oxygen atoms in total. The van der Waals surface area contributed by atoms with Gasteiger partial charge in [-0.1, -0.05) is 12.1 Å². The molecule has 0 saturated carbocycles. The lowest BCUT2D eigenvalue weighted by molar-refractivity contribution is -0.274. The number of alkyl halides is 3. The molecule has 0 radical (unpaired) electrons. The Hall–Kier alpha value is -1.76. The maximum atomic E-state index is 12.0. The van der Waals surface area contributed by atoms with E-state index < -0.39 is 12.3 Å². The molecule has 1 unspecified atom stereocenters. The molecule has 0 aliphatic heterocycles. The Balaban J connectivity index is 2.53. The van der Waals surface area contributed by atoms with Crippen LogP contribution < -0.4 is 16.2 Å². The molecule has 0 aromatic heterocycles. The number of carbonyl (C=O) groups excluding carboxylic acids is 1. The highest BCUT2D eigenvalue weighted by molar-refractivity contribution is 5.73. The van der Waals surface area contributed by atoms with Crippen molar-refractivity contribution in [2.24, 2.45) is 11.5 Å². The van der Waals surface area contributed by atoms with Crippen molar-refractivity contribution in [3.8, 4) is 5.75 Å². The standard InChI is InChI=1S/C12H15F3N2O2/c13-12(14,15)19-9-6-4-8(5-7-9)10(16)2-1-3-11(17)18/h4-7,10H,1-3,16H2,(H2,17,18). The lowest BCUT2D eigenvalue weighted by Gasteiger charge is -2.13. The molecule has 4 N–H and O–H groups in total. The summed E-state index contributed by atoms with van der Waals surface area (Å²) in [7, 11) is 0. The van der Waals surface area contributed by atoms with Gasteiger partial charge in [-0.25, -0.2) is 0 Å². The van der Waals surface area contributed by atoms with E-state index >= 15 is 0 Å². The van der Waals surface area contributed by atoms with Gasteiger partial charge in [0.1, 0.15) is 5.75 Å². The van der Waals surface area contributed by atoms with E-state index in [2.05, 4.69) is 4.74 Å². The van der Waals surface area contributed by atoms with Crippen molar-refractivity contribution in [1.82, 2.24) is 0 Å². The van der Waals surface area contributed by atoms with Gasteiger partial charge < -0.3 is 16.2 Å². The van der Waals surface area contributed by atoms with Crippen LogP contribution in [0.4, 0.5) is 13.2 Å².